The molecule has 2 aromatic rings. The highest BCUT2D eigenvalue weighted by atomic mass is 35.5. The fourth-order valence-electron chi connectivity index (χ4n) is 3.17. The maximum absolute atomic E-state index is 12.0. The minimum absolute atomic E-state index is 0.114. The lowest BCUT2D eigenvalue weighted by Crippen LogP contribution is -2.23. The van der Waals surface area contributed by atoms with Crippen LogP contribution in [0.2, 0.25) is 5.02 Å². The second-order valence-electron chi connectivity index (χ2n) is 6.48. The van der Waals surface area contributed by atoms with Gasteiger partial charge in [0.1, 0.15) is 0 Å². The summed E-state index contributed by atoms with van der Waals surface area (Å²) in [6.07, 6.45) is 3.55. The SMILES string of the molecule is CN1/C(=C\C=N/NC(=O)c2ccc(Cl)cc2)C(C)(C)c2ccccc21. The summed E-state index contributed by atoms with van der Waals surface area (Å²) >= 11 is 5.82. The monoisotopic (exact) mass is 353 g/mol. The van der Waals surface area contributed by atoms with Crippen molar-refractivity contribution in [2.75, 3.05) is 11.9 Å². The molecule has 2 aromatic carbocycles. The molecular weight excluding hydrogens is 334 g/mol. The summed E-state index contributed by atoms with van der Waals surface area (Å²) in [4.78, 5) is 14.2. The fourth-order valence-corrected chi connectivity index (χ4v) is 3.30. The van der Waals surface area contributed by atoms with Gasteiger partial charge >= 0.3 is 0 Å². The van der Waals surface area contributed by atoms with Crippen LogP contribution in [0, 0.1) is 0 Å². The largest absolute Gasteiger partial charge is 0.347 e. The predicted octanol–water partition coefficient (Wildman–Crippen LogP) is 4.37. The molecule has 0 aliphatic carbocycles. The Morgan fingerprint density at radius 2 is 1.84 bits per heavy atom. The number of carbonyl (C=O) groups excluding carboxylic acids is 1. The van der Waals surface area contributed by atoms with Crippen molar-refractivity contribution in [3.8, 4) is 0 Å². The van der Waals surface area contributed by atoms with Gasteiger partial charge in [0.05, 0.1) is 0 Å². The van der Waals surface area contributed by atoms with Crippen molar-refractivity contribution in [2.24, 2.45) is 5.10 Å². The number of amides is 1. The zero-order chi connectivity index (χ0) is 18.0. The van der Waals surface area contributed by atoms with Gasteiger partial charge in [0.25, 0.3) is 5.91 Å². The number of nitrogens with zero attached hydrogens (tertiary/aromatic N) is 2. The van der Waals surface area contributed by atoms with Crippen LogP contribution in [0.3, 0.4) is 0 Å². The molecular formula is C20H20ClN3O. The average molecular weight is 354 g/mol. The number of nitrogens with one attached hydrogen (secondary N) is 1. The lowest BCUT2D eigenvalue weighted by molar-refractivity contribution is 0.0955. The van der Waals surface area contributed by atoms with Gasteiger partial charge < -0.3 is 4.90 Å². The minimum atomic E-state index is -0.270. The molecule has 1 aliphatic heterocycles. The number of allylic oxidation sites excluding steroid dienone is 2. The molecule has 0 bridgehead atoms. The van der Waals surface area contributed by atoms with E-state index in [1.54, 1.807) is 30.5 Å². The molecule has 4 nitrogen and oxygen atoms in total. The van der Waals surface area contributed by atoms with Crippen LogP contribution in [-0.4, -0.2) is 19.2 Å². The molecule has 5 heteroatoms. The van der Waals surface area contributed by atoms with E-state index in [4.69, 9.17) is 11.6 Å². The zero-order valence-electron chi connectivity index (χ0n) is 14.5. The molecule has 0 atom stereocenters. The number of anilines is 1. The first-order chi connectivity index (χ1) is 11.9. The Balaban J connectivity index is 1.73. The van der Waals surface area contributed by atoms with Crippen molar-refractivity contribution in [3.05, 3.63) is 76.5 Å². The number of benzene rings is 2. The molecule has 1 amide bonds. The van der Waals surface area contributed by atoms with Crippen LogP contribution in [0.5, 0.6) is 0 Å². The Morgan fingerprint density at radius 3 is 2.52 bits per heavy atom. The summed E-state index contributed by atoms with van der Waals surface area (Å²) in [5.41, 5.74) is 6.53. The number of halogens is 1. The molecule has 0 aromatic heterocycles. The van der Waals surface area contributed by atoms with E-state index < -0.39 is 0 Å². The summed E-state index contributed by atoms with van der Waals surface area (Å²) in [6.45, 7) is 4.36. The van der Waals surface area contributed by atoms with E-state index in [-0.39, 0.29) is 11.3 Å². The Kier molecular flexibility index (Phi) is 4.64. The highest BCUT2D eigenvalue weighted by molar-refractivity contribution is 6.30. The number of para-hydroxylation sites is 1. The molecule has 0 unspecified atom stereocenters. The Labute approximate surface area is 152 Å². The van der Waals surface area contributed by atoms with Gasteiger partial charge in [-0.3, -0.25) is 4.79 Å². The van der Waals surface area contributed by atoms with Crippen molar-refractivity contribution in [1.29, 1.82) is 0 Å². The molecule has 25 heavy (non-hydrogen) atoms. The van der Waals surface area contributed by atoms with Gasteiger partial charge in [-0.15, -0.1) is 0 Å². The first-order valence-electron chi connectivity index (χ1n) is 8.04. The van der Waals surface area contributed by atoms with Crippen molar-refractivity contribution in [1.82, 2.24) is 5.43 Å². The highest BCUT2D eigenvalue weighted by Crippen LogP contribution is 2.46. The third-order valence-corrected chi connectivity index (χ3v) is 4.77. The van der Waals surface area contributed by atoms with Gasteiger partial charge in [0, 0.05) is 40.6 Å². The predicted molar refractivity (Wildman–Crippen MR) is 103 cm³/mol. The lowest BCUT2D eigenvalue weighted by atomic mass is 9.84. The molecule has 1 N–H and O–H groups in total. The average Bonchev–Trinajstić information content (AvgIpc) is 2.79. The van der Waals surface area contributed by atoms with Crippen molar-refractivity contribution < 1.29 is 4.79 Å². The normalized spacial score (nSPS) is 17.1. The third kappa shape index (κ3) is 3.30. The van der Waals surface area contributed by atoms with Gasteiger partial charge in [-0.05, 0) is 42.0 Å². The van der Waals surface area contributed by atoms with Crippen LogP contribution < -0.4 is 10.3 Å². The van der Waals surface area contributed by atoms with E-state index in [0.717, 1.165) is 5.70 Å². The van der Waals surface area contributed by atoms with Gasteiger partial charge in [-0.2, -0.15) is 5.10 Å². The number of fused-ring (bicyclic) bond motifs is 1. The molecule has 3 rings (SSSR count). The summed E-state index contributed by atoms with van der Waals surface area (Å²) in [5, 5.41) is 4.63. The maximum atomic E-state index is 12.0. The van der Waals surface area contributed by atoms with Gasteiger partial charge in [-0.1, -0.05) is 43.6 Å². The quantitative estimate of drug-likeness (QED) is 0.658. The number of hydrazone groups is 1. The van der Waals surface area contributed by atoms with Crippen LogP contribution in [0.15, 0.2) is 65.4 Å². The van der Waals surface area contributed by atoms with Crippen molar-refractivity contribution in [3.63, 3.8) is 0 Å². The maximum Gasteiger partial charge on any atom is 0.271 e. The molecule has 128 valence electrons. The molecule has 0 spiro atoms. The number of likely N-dealkylation sites (N-methyl/N-ethyl adjacent to an activating group) is 1. The summed E-state index contributed by atoms with van der Waals surface area (Å²) in [6, 6.07) is 15.0. The Hall–Kier alpha value is -2.59. The first-order valence-corrected chi connectivity index (χ1v) is 8.42. The van der Waals surface area contributed by atoms with E-state index in [0.29, 0.717) is 10.6 Å². The molecule has 0 fully saturated rings. The molecule has 0 radical (unpaired) electrons. The van der Waals surface area contributed by atoms with Crippen LogP contribution >= 0.6 is 11.6 Å². The second-order valence-corrected chi connectivity index (χ2v) is 6.92. The van der Waals surface area contributed by atoms with E-state index in [1.165, 1.54) is 11.3 Å². The summed E-state index contributed by atoms with van der Waals surface area (Å²) < 4.78 is 0. The first kappa shape index (κ1) is 17.2. The fraction of sp³-hybridized carbons (Fsp3) is 0.200. The van der Waals surface area contributed by atoms with Gasteiger partial charge in [0.15, 0.2) is 0 Å². The molecule has 0 saturated carbocycles. The lowest BCUT2D eigenvalue weighted by Gasteiger charge is -2.23. The van der Waals surface area contributed by atoms with E-state index >= 15 is 0 Å². The van der Waals surface area contributed by atoms with Crippen molar-refractivity contribution >= 4 is 29.4 Å². The highest BCUT2D eigenvalue weighted by Gasteiger charge is 2.37. The van der Waals surface area contributed by atoms with Crippen LogP contribution in [0.4, 0.5) is 5.69 Å². The van der Waals surface area contributed by atoms with Gasteiger partial charge in [0.2, 0.25) is 0 Å². The number of hydrogen-bond donors (Lipinski definition) is 1. The Morgan fingerprint density at radius 1 is 1.16 bits per heavy atom. The van der Waals surface area contributed by atoms with E-state index in [9.17, 15) is 4.79 Å². The smallest absolute Gasteiger partial charge is 0.271 e. The third-order valence-electron chi connectivity index (χ3n) is 4.52. The zero-order valence-corrected chi connectivity index (χ0v) is 15.2. The molecule has 0 saturated heterocycles. The summed E-state index contributed by atoms with van der Waals surface area (Å²) in [7, 11) is 2.04. The second kappa shape index (κ2) is 6.73. The number of rotatable bonds is 3. The van der Waals surface area contributed by atoms with Crippen LogP contribution in [0.1, 0.15) is 29.8 Å². The molecule has 1 heterocycles. The van der Waals surface area contributed by atoms with E-state index in [2.05, 4.69) is 47.5 Å². The van der Waals surface area contributed by atoms with Crippen molar-refractivity contribution in [2.45, 2.75) is 19.3 Å². The standard InChI is InChI=1S/C20H20ClN3O/c1-20(2)16-6-4-5-7-17(16)24(3)18(20)12-13-22-23-19(25)14-8-10-15(21)11-9-14/h4-13H,1-3H3,(H,23,25)/b18-12-,22-13-. The van der Waals surface area contributed by atoms with E-state index in [1.807, 2.05) is 19.2 Å². The Bertz CT molecular complexity index is 853. The topological polar surface area (TPSA) is 44.7 Å². The molecule has 1 aliphatic rings. The van der Waals surface area contributed by atoms with Gasteiger partial charge in [-0.25, -0.2) is 5.43 Å². The van der Waals surface area contributed by atoms with Crippen LogP contribution in [0.25, 0.3) is 0 Å². The van der Waals surface area contributed by atoms with Crippen LogP contribution in [-0.2, 0) is 5.41 Å². The summed E-state index contributed by atoms with van der Waals surface area (Å²) in [5.74, 6) is -0.270. The minimum Gasteiger partial charge on any atom is -0.347 e. The number of hydrogen-bond acceptors (Lipinski definition) is 3. The number of carbonyl (C=O) groups is 1.